The number of nitrogens with one attached hydrogen (secondary N) is 2. The number of aliphatic imine (C=N–C) groups is 1. The van der Waals surface area contributed by atoms with E-state index in [1.165, 1.54) is 10.6 Å². The van der Waals surface area contributed by atoms with Crippen molar-refractivity contribution in [1.29, 1.82) is 0 Å². The smallest absolute Gasteiger partial charge is 0.243 e. The van der Waals surface area contributed by atoms with Crippen molar-refractivity contribution >= 4 is 17.6 Å². The molecule has 0 radical (unpaired) electrons. The highest BCUT2D eigenvalue weighted by atomic mass is 16.5. The largest absolute Gasteiger partial charge is 0.383 e. The van der Waals surface area contributed by atoms with Gasteiger partial charge in [0, 0.05) is 53.1 Å². The number of amides is 1. The third-order valence-electron chi connectivity index (χ3n) is 3.87. The summed E-state index contributed by atoms with van der Waals surface area (Å²) < 4.78 is 5.05. The lowest BCUT2D eigenvalue weighted by Crippen LogP contribution is -2.41. The number of carbonyl (C=O) groups is 1. The molecule has 7 heteroatoms. The van der Waals surface area contributed by atoms with E-state index < -0.39 is 0 Å². The summed E-state index contributed by atoms with van der Waals surface area (Å²) in [4.78, 5) is 19.9. The molecular weight excluding hydrogens is 330 g/mol. The summed E-state index contributed by atoms with van der Waals surface area (Å²) in [6, 6.07) is 10.4. The van der Waals surface area contributed by atoms with Gasteiger partial charge in [-0.05, 0) is 25.5 Å². The van der Waals surface area contributed by atoms with Gasteiger partial charge in [0.1, 0.15) is 6.54 Å². The lowest BCUT2D eigenvalue weighted by atomic mass is 10.2. The van der Waals surface area contributed by atoms with Crippen LogP contribution in [0.25, 0.3) is 0 Å². The number of rotatable bonds is 11. The van der Waals surface area contributed by atoms with Gasteiger partial charge in [-0.2, -0.15) is 0 Å². The summed E-state index contributed by atoms with van der Waals surface area (Å²) in [6.45, 7) is 6.21. The summed E-state index contributed by atoms with van der Waals surface area (Å²) in [5.41, 5.74) is 1.23. The molecule has 0 heterocycles. The summed E-state index contributed by atoms with van der Waals surface area (Å²) in [7, 11) is 5.11. The molecular formula is C19H33N5O2. The predicted molar refractivity (Wildman–Crippen MR) is 108 cm³/mol. The van der Waals surface area contributed by atoms with Crippen molar-refractivity contribution in [3.8, 4) is 0 Å². The van der Waals surface area contributed by atoms with Crippen LogP contribution in [0.4, 0.5) is 5.69 Å². The predicted octanol–water partition coefficient (Wildman–Crippen LogP) is 1.17. The van der Waals surface area contributed by atoms with E-state index in [-0.39, 0.29) is 12.5 Å². The van der Waals surface area contributed by atoms with E-state index in [1.807, 2.05) is 6.07 Å². The highest BCUT2D eigenvalue weighted by Crippen LogP contribution is 2.12. The monoisotopic (exact) mass is 363 g/mol. The Morgan fingerprint density at radius 2 is 1.85 bits per heavy atom. The molecule has 0 saturated carbocycles. The normalized spacial score (nSPS) is 11.2. The molecule has 2 N–H and O–H groups in total. The first kappa shape index (κ1) is 21.8. The Kier molecular flexibility index (Phi) is 10.9. The maximum absolute atomic E-state index is 11.7. The molecule has 146 valence electrons. The van der Waals surface area contributed by atoms with Gasteiger partial charge >= 0.3 is 0 Å². The first-order valence-electron chi connectivity index (χ1n) is 9.09. The van der Waals surface area contributed by atoms with E-state index >= 15 is 0 Å². The topological polar surface area (TPSA) is 69.2 Å². The second kappa shape index (κ2) is 13.0. The minimum Gasteiger partial charge on any atom is -0.383 e. The van der Waals surface area contributed by atoms with Gasteiger partial charge in [0.2, 0.25) is 5.91 Å². The number of carbonyl (C=O) groups excluding carboxylic acids is 1. The van der Waals surface area contributed by atoms with E-state index in [9.17, 15) is 4.79 Å². The van der Waals surface area contributed by atoms with Gasteiger partial charge in [-0.15, -0.1) is 0 Å². The molecule has 0 bridgehead atoms. The van der Waals surface area contributed by atoms with Crippen LogP contribution in [0.2, 0.25) is 0 Å². The van der Waals surface area contributed by atoms with Crippen LogP contribution in [0.1, 0.15) is 13.3 Å². The zero-order valence-electron chi connectivity index (χ0n) is 16.5. The summed E-state index contributed by atoms with van der Waals surface area (Å²) in [5.74, 6) is 0.610. The van der Waals surface area contributed by atoms with Crippen molar-refractivity contribution in [2.24, 2.45) is 4.99 Å². The van der Waals surface area contributed by atoms with Crippen LogP contribution >= 0.6 is 0 Å². The number of nitrogens with zero attached hydrogens (tertiary/aromatic N) is 3. The first-order chi connectivity index (χ1) is 12.6. The molecule has 26 heavy (non-hydrogen) atoms. The fourth-order valence-corrected chi connectivity index (χ4v) is 2.32. The zero-order chi connectivity index (χ0) is 19.2. The van der Waals surface area contributed by atoms with Crippen molar-refractivity contribution in [3.63, 3.8) is 0 Å². The Bertz CT molecular complexity index is 534. The molecule has 1 aromatic rings. The Morgan fingerprint density at radius 3 is 2.46 bits per heavy atom. The van der Waals surface area contributed by atoms with Crippen molar-refractivity contribution in [1.82, 2.24) is 15.5 Å². The number of anilines is 1. The van der Waals surface area contributed by atoms with Gasteiger partial charge in [-0.25, -0.2) is 4.99 Å². The lowest BCUT2D eigenvalue weighted by molar-refractivity contribution is -0.127. The Morgan fingerprint density at radius 1 is 1.15 bits per heavy atom. The second-order valence-corrected chi connectivity index (χ2v) is 6.07. The summed E-state index contributed by atoms with van der Waals surface area (Å²) in [5, 5.41) is 6.47. The molecule has 7 nitrogen and oxygen atoms in total. The standard InChI is InChI=1S/C19H33N5O2/c1-5-24(17-10-7-6-8-11-17)14-9-12-20-19(21-13-15-26-4)22-16-18(25)23(2)3/h6-8,10-11H,5,9,12-16H2,1-4H3,(H2,20,21,22). The van der Waals surface area contributed by atoms with Gasteiger partial charge < -0.3 is 25.2 Å². The minimum absolute atomic E-state index is 0.0286. The quantitative estimate of drug-likeness (QED) is 0.351. The number of guanidine groups is 1. The van der Waals surface area contributed by atoms with E-state index in [0.717, 1.165) is 26.1 Å². The van der Waals surface area contributed by atoms with Crippen LogP contribution in [0.5, 0.6) is 0 Å². The van der Waals surface area contributed by atoms with Crippen LogP contribution in [0.15, 0.2) is 35.3 Å². The highest BCUT2D eigenvalue weighted by molar-refractivity contribution is 5.84. The fraction of sp³-hybridized carbons (Fsp3) is 0.579. The number of methoxy groups -OCH3 is 1. The molecule has 0 saturated heterocycles. The van der Waals surface area contributed by atoms with Gasteiger partial charge in [0.25, 0.3) is 0 Å². The van der Waals surface area contributed by atoms with Crippen LogP contribution < -0.4 is 15.5 Å². The van der Waals surface area contributed by atoms with Crippen molar-refractivity contribution in [3.05, 3.63) is 30.3 Å². The molecule has 0 fully saturated rings. The minimum atomic E-state index is -0.0286. The third-order valence-corrected chi connectivity index (χ3v) is 3.87. The number of hydrogen-bond acceptors (Lipinski definition) is 4. The first-order valence-corrected chi connectivity index (χ1v) is 9.09. The van der Waals surface area contributed by atoms with Crippen LogP contribution in [-0.2, 0) is 9.53 Å². The molecule has 0 atom stereocenters. The number of ether oxygens (including phenoxy) is 1. The molecule has 0 aliphatic rings. The van der Waals surface area contributed by atoms with E-state index in [1.54, 1.807) is 21.2 Å². The second-order valence-electron chi connectivity index (χ2n) is 6.07. The Hall–Kier alpha value is -2.28. The summed E-state index contributed by atoms with van der Waals surface area (Å²) in [6.07, 6.45) is 0.968. The Balaban J connectivity index is 2.46. The molecule has 0 unspecified atom stereocenters. The zero-order valence-corrected chi connectivity index (χ0v) is 16.5. The van der Waals surface area contributed by atoms with Crippen molar-refractivity contribution < 1.29 is 9.53 Å². The lowest BCUT2D eigenvalue weighted by Gasteiger charge is -2.23. The van der Waals surface area contributed by atoms with Crippen LogP contribution in [0, 0.1) is 0 Å². The molecule has 0 aliphatic carbocycles. The van der Waals surface area contributed by atoms with E-state index in [4.69, 9.17) is 4.74 Å². The molecule has 1 aromatic carbocycles. The van der Waals surface area contributed by atoms with Crippen molar-refractivity contribution in [2.75, 3.05) is 65.4 Å². The van der Waals surface area contributed by atoms with Gasteiger partial charge in [0.15, 0.2) is 5.96 Å². The fourth-order valence-electron chi connectivity index (χ4n) is 2.32. The van der Waals surface area contributed by atoms with Crippen molar-refractivity contribution in [2.45, 2.75) is 13.3 Å². The van der Waals surface area contributed by atoms with Gasteiger partial charge in [-0.1, -0.05) is 18.2 Å². The maximum Gasteiger partial charge on any atom is 0.243 e. The molecule has 0 spiro atoms. The molecule has 1 rings (SSSR count). The molecule has 0 aliphatic heterocycles. The molecule has 0 aromatic heterocycles. The van der Waals surface area contributed by atoms with E-state index in [0.29, 0.717) is 19.1 Å². The van der Waals surface area contributed by atoms with E-state index in [2.05, 4.69) is 51.7 Å². The van der Waals surface area contributed by atoms with Crippen LogP contribution in [0.3, 0.4) is 0 Å². The molecule has 1 amide bonds. The maximum atomic E-state index is 11.7. The van der Waals surface area contributed by atoms with Crippen LogP contribution in [-0.4, -0.2) is 77.3 Å². The average molecular weight is 364 g/mol. The average Bonchev–Trinajstić information content (AvgIpc) is 2.66. The Labute approximate surface area is 157 Å². The number of benzene rings is 1. The highest BCUT2D eigenvalue weighted by Gasteiger charge is 2.06. The third kappa shape index (κ3) is 8.71. The number of likely N-dealkylation sites (N-methyl/N-ethyl adjacent to an activating group) is 1. The summed E-state index contributed by atoms with van der Waals surface area (Å²) >= 11 is 0. The van der Waals surface area contributed by atoms with Gasteiger partial charge in [-0.3, -0.25) is 4.79 Å². The SMILES string of the molecule is CCN(CCCNC(=NCC(=O)N(C)C)NCCOC)c1ccccc1. The number of hydrogen-bond donors (Lipinski definition) is 2. The number of para-hydroxylation sites is 1. The van der Waals surface area contributed by atoms with Gasteiger partial charge in [0.05, 0.1) is 6.61 Å².